The molecule has 1 aromatic rings. The molecule has 0 heterocycles. The van der Waals surface area contributed by atoms with E-state index in [1.54, 1.807) is 41.5 Å². The van der Waals surface area contributed by atoms with E-state index < -0.39 is 41.1 Å². The minimum atomic E-state index is -4.56. The average Bonchev–Trinajstić information content (AvgIpc) is 2.42. The van der Waals surface area contributed by atoms with Crippen LogP contribution >= 0.6 is 0 Å². The number of rotatable bonds is 1. The smallest absolute Gasteiger partial charge is 0.437 e. The van der Waals surface area contributed by atoms with Crippen LogP contribution in [0.25, 0.3) is 0 Å². The van der Waals surface area contributed by atoms with Crippen molar-refractivity contribution in [3.63, 3.8) is 0 Å². The topological polar surface area (TPSA) is 89.0 Å². The van der Waals surface area contributed by atoms with Gasteiger partial charge in [0.2, 0.25) is 5.96 Å². The first-order valence-electron chi connectivity index (χ1n) is 8.31. The van der Waals surface area contributed by atoms with E-state index >= 15 is 0 Å². The van der Waals surface area contributed by atoms with Gasteiger partial charge in [-0.3, -0.25) is 5.32 Å². The molecule has 0 aliphatic rings. The van der Waals surface area contributed by atoms with Crippen LogP contribution in [-0.4, -0.2) is 29.3 Å². The van der Waals surface area contributed by atoms with Crippen molar-refractivity contribution in [2.45, 2.75) is 58.9 Å². The summed E-state index contributed by atoms with van der Waals surface area (Å²) in [5.41, 5.74) is -2.65. The fourth-order valence-electron chi connectivity index (χ4n) is 1.77. The van der Waals surface area contributed by atoms with Crippen molar-refractivity contribution in [3.05, 3.63) is 29.8 Å². The number of amides is 2. The number of nitrogens with one attached hydrogen (secondary N) is 2. The number of carbonyl (C=O) groups is 2. The van der Waals surface area contributed by atoms with Gasteiger partial charge in [-0.1, -0.05) is 6.07 Å². The molecule has 10 heteroatoms. The molecule has 0 saturated heterocycles. The third kappa shape index (κ3) is 9.24. The highest BCUT2D eigenvalue weighted by Crippen LogP contribution is 2.30. The Balaban J connectivity index is 3.10. The van der Waals surface area contributed by atoms with Gasteiger partial charge in [-0.2, -0.15) is 13.2 Å². The maximum atomic E-state index is 12.9. The molecule has 0 aliphatic heterocycles. The van der Waals surface area contributed by atoms with Gasteiger partial charge in [-0.25, -0.2) is 9.59 Å². The summed E-state index contributed by atoms with van der Waals surface area (Å²) in [6.07, 6.45) is -6.55. The van der Waals surface area contributed by atoms with E-state index in [9.17, 15) is 22.8 Å². The molecule has 0 aliphatic carbocycles. The van der Waals surface area contributed by atoms with Gasteiger partial charge in [0.05, 0.1) is 5.56 Å². The number of ether oxygens (including phenoxy) is 2. The highest BCUT2D eigenvalue weighted by atomic mass is 19.4. The molecular formula is C18H24F3N3O4. The quantitative estimate of drug-likeness (QED) is 0.513. The maximum absolute atomic E-state index is 12.9. The third-order valence-corrected chi connectivity index (χ3v) is 2.67. The molecule has 0 aromatic heterocycles. The van der Waals surface area contributed by atoms with Crippen LogP contribution in [0.2, 0.25) is 0 Å². The van der Waals surface area contributed by atoms with Crippen molar-refractivity contribution < 1.29 is 32.2 Å². The van der Waals surface area contributed by atoms with E-state index in [0.717, 1.165) is 12.1 Å². The van der Waals surface area contributed by atoms with Crippen molar-refractivity contribution in [1.82, 2.24) is 5.32 Å². The molecule has 0 spiro atoms. The van der Waals surface area contributed by atoms with E-state index in [4.69, 9.17) is 9.47 Å². The Labute approximate surface area is 161 Å². The predicted molar refractivity (Wildman–Crippen MR) is 98.1 cm³/mol. The Morgan fingerprint density at radius 2 is 1.54 bits per heavy atom. The van der Waals surface area contributed by atoms with Crippen molar-refractivity contribution in [1.29, 1.82) is 0 Å². The number of anilines is 1. The fraction of sp³-hybridized carbons (Fsp3) is 0.500. The Kier molecular flexibility index (Phi) is 7.05. The molecule has 156 valence electrons. The SMILES string of the molecule is CC(C)(C)OC(=O)/N=C(\NC(=O)OC(C)(C)C)Nc1cccc(C(F)(F)F)c1. The van der Waals surface area contributed by atoms with Gasteiger partial charge in [0.25, 0.3) is 0 Å². The van der Waals surface area contributed by atoms with E-state index in [0.29, 0.717) is 0 Å². The first kappa shape index (κ1) is 23.3. The van der Waals surface area contributed by atoms with E-state index in [1.165, 1.54) is 12.1 Å². The van der Waals surface area contributed by atoms with E-state index in [2.05, 4.69) is 15.6 Å². The lowest BCUT2D eigenvalue weighted by Gasteiger charge is -2.21. The molecule has 0 unspecified atom stereocenters. The molecule has 0 atom stereocenters. The minimum absolute atomic E-state index is 0.0480. The average molecular weight is 403 g/mol. The molecule has 0 fully saturated rings. The second-order valence-electron chi connectivity index (χ2n) is 7.77. The molecule has 0 radical (unpaired) electrons. The van der Waals surface area contributed by atoms with Crippen LogP contribution in [0.1, 0.15) is 47.1 Å². The number of hydrogen-bond donors (Lipinski definition) is 2. The highest BCUT2D eigenvalue weighted by Gasteiger charge is 2.30. The van der Waals surface area contributed by atoms with Gasteiger partial charge in [-0.05, 0) is 59.7 Å². The summed E-state index contributed by atoms with van der Waals surface area (Å²) in [4.78, 5) is 27.5. The van der Waals surface area contributed by atoms with Crippen molar-refractivity contribution in [2.75, 3.05) is 5.32 Å². The highest BCUT2D eigenvalue weighted by molar-refractivity contribution is 6.06. The molecule has 0 saturated carbocycles. The number of benzene rings is 1. The van der Waals surface area contributed by atoms with Crippen molar-refractivity contribution >= 4 is 23.8 Å². The Bertz CT molecular complexity index is 748. The summed E-state index contributed by atoms with van der Waals surface area (Å²) in [7, 11) is 0. The second-order valence-corrected chi connectivity index (χ2v) is 7.77. The lowest BCUT2D eigenvalue weighted by Crippen LogP contribution is -2.40. The number of halogens is 3. The molecular weight excluding hydrogens is 379 g/mol. The maximum Gasteiger partial charge on any atom is 0.437 e. The first-order valence-corrected chi connectivity index (χ1v) is 8.31. The molecule has 28 heavy (non-hydrogen) atoms. The Morgan fingerprint density at radius 1 is 0.964 bits per heavy atom. The van der Waals surface area contributed by atoms with Gasteiger partial charge in [-0.15, -0.1) is 4.99 Å². The molecule has 2 N–H and O–H groups in total. The van der Waals surface area contributed by atoms with Crippen molar-refractivity contribution in [3.8, 4) is 0 Å². The fourth-order valence-corrected chi connectivity index (χ4v) is 1.77. The third-order valence-electron chi connectivity index (χ3n) is 2.67. The van der Waals surface area contributed by atoms with Crippen LogP contribution in [0.5, 0.6) is 0 Å². The zero-order valence-corrected chi connectivity index (χ0v) is 16.5. The summed E-state index contributed by atoms with van der Waals surface area (Å²) in [5.74, 6) is -0.442. The van der Waals surface area contributed by atoms with Crippen LogP contribution in [0.3, 0.4) is 0 Å². The number of nitrogens with zero attached hydrogens (tertiary/aromatic N) is 1. The van der Waals surface area contributed by atoms with Crippen LogP contribution in [0.15, 0.2) is 29.3 Å². The first-order chi connectivity index (χ1) is 12.5. The van der Waals surface area contributed by atoms with Gasteiger partial charge in [0.15, 0.2) is 0 Å². The zero-order valence-electron chi connectivity index (χ0n) is 16.5. The van der Waals surface area contributed by atoms with Crippen molar-refractivity contribution in [2.24, 2.45) is 4.99 Å². The summed E-state index contributed by atoms with van der Waals surface area (Å²) in [6, 6.07) is 4.18. The number of guanidine groups is 1. The van der Waals surface area contributed by atoms with Crippen LogP contribution < -0.4 is 10.6 Å². The molecule has 1 rings (SSSR count). The van der Waals surface area contributed by atoms with Crippen LogP contribution in [-0.2, 0) is 15.7 Å². The standard InChI is InChI=1S/C18H24F3N3O4/c1-16(2,3)27-14(25)23-13(24-15(26)28-17(4,5)6)22-12-9-7-8-11(10-12)18(19,20)21/h7-10H,1-6H3,(H2,22,23,24,25,26). The van der Waals surface area contributed by atoms with Gasteiger partial charge < -0.3 is 14.8 Å². The van der Waals surface area contributed by atoms with E-state index in [-0.39, 0.29) is 5.69 Å². The number of alkyl halides is 3. The Morgan fingerprint density at radius 3 is 2.04 bits per heavy atom. The molecule has 2 amide bonds. The summed E-state index contributed by atoms with van der Waals surface area (Å²) >= 11 is 0. The number of hydrogen-bond acceptors (Lipinski definition) is 4. The van der Waals surface area contributed by atoms with E-state index in [1.807, 2.05) is 0 Å². The van der Waals surface area contributed by atoms with Gasteiger partial charge in [0.1, 0.15) is 11.2 Å². The second kappa shape index (κ2) is 8.49. The van der Waals surface area contributed by atoms with Gasteiger partial charge >= 0.3 is 18.4 Å². The lowest BCUT2D eigenvalue weighted by molar-refractivity contribution is -0.137. The minimum Gasteiger partial charge on any atom is -0.444 e. The van der Waals surface area contributed by atoms with Crippen LogP contribution in [0.4, 0.5) is 28.4 Å². The number of alkyl carbamates (subject to hydrolysis) is 1. The molecule has 7 nitrogen and oxygen atoms in total. The predicted octanol–water partition coefficient (Wildman–Crippen LogP) is 4.93. The largest absolute Gasteiger partial charge is 0.444 e. The number of aliphatic imine (C=N–C) groups is 1. The normalized spacial score (nSPS) is 13.0. The summed E-state index contributed by atoms with van der Waals surface area (Å²) in [6.45, 7) is 9.71. The summed E-state index contributed by atoms with van der Waals surface area (Å²) in [5, 5.41) is 4.65. The van der Waals surface area contributed by atoms with Crippen LogP contribution in [0, 0.1) is 0 Å². The monoisotopic (exact) mass is 403 g/mol. The Hall–Kier alpha value is -2.78. The van der Waals surface area contributed by atoms with Gasteiger partial charge in [0, 0.05) is 5.69 Å². The lowest BCUT2D eigenvalue weighted by atomic mass is 10.2. The number of carbonyl (C=O) groups excluding carboxylic acids is 2. The molecule has 1 aromatic carbocycles. The molecule has 0 bridgehead atoms. The summed E-state index contributed by atoms with van der Waals surface area (Å²) < 4.78 is 48.7. The zero-order chi connectivity index (χ0) is 21.8.